The van der Waals surface area contributed by atoms with Crippen molar-refractivity contribution >= 4 is 38.2 Å². The van der Waals surface area contributed by atoms with E-state index in [1.165, 1.54) is 4.31 Å². The van der Waals surface area contributed by atoms with E-state index >= 15 is 0 Å². The Morgan fingerprint density at radius 2 is 1.75 bits per heavy atom. The largest absolute Gasteiger partial charge is 0.332 e. The van der Waals surface area contributed by atoms with E-state index in [2.05, 4.69) is 4.98 Å². The highest BCUT2D eigenvalue weighted by Gasteiger charge is 2.33. The zero-order chi connectivity index (χ0) is 25.7. The van der Waals surface area contributed by atoms with Crippen molar-refractivity contribution in [3.63, 3.8) is 0 Å². The van der Waals surface area contributed by atoms with Gasteiger partial charge >= 0.3 is 0 Å². The van der Waals surface area contributed by atoms with Crippen molar-refractivity contribution in [1.82, 2.24) is 14.2 Å². The lowest BCUT2D eigenvalue weighted by Gasteiger charge is -2.30. The predicted octanol–water partition coefficient (Wildman–Crippen LogP) is 5.62. The maximum atomic E-state index is 14.0. The number of thiophene rings is 1. The van der Waals surface area contributed by atoms with Crippen LogP contribution in [0.4, 0.5) is 0 Å². The summed E-state index contributed by atoms with van der Waals surface area (Å²) in [6.07, 6.45) is 2.17. The van der Waals surface area contributed by atoms with E-state index in [0.717, 1.165) is 21.4 Å². The molecule has 0 aliphatic rings. The van der Waals surface area contributed by atoms with Crippen LogP contribution < -0.4 is 0 Å². The molecule has 0 N–H and O–H groups in total. The molecule has 0 radical (unpaired) electrons. The highest BCUT2D eigenvalue weighted by molar-refractivity contribution is 7.89. The van der Waals surface area contributed by atoms with Crippen LogP contribution in [0.1, 0.15) is 36.3 Å². The summed E-state index contributed by atoms with van der Waals surface area (Å²) in [6, 6.07) is 20.2. The van der Waals surface area contributed by atoms with Crippen LogP contribution >= 0.6 is 11.3 Å². The average Bonchev–Trinajstić information content (AvgIpc) is 3.30. The molecule has 0 aliphatic heterocycles. The molecule has 1 amide bonds. The maximum Gasteiger partial charge on any atom is 0.245 e. The summed E-state index contributed by atoms with van der Waals surface area (Å²) in [6.45, 7) is 6.39. The Morgan fingerprint density at radius 3 is 2.44 bits per heavy atom. The summed E-state index contributed by atoms with van der Waals surface area (Å²) in [4.78, 5) is 21.1. The molecule has 2 heterocycles. The smallest absolute Gasteiger partial charge is 0.245 e. The van der Waals surface area contributed by atoms with Crippen molar-refractivity contribution < 1.29 is 13.2 Å². The minimum Gasteiger partial charge on any atom is -0.332 e. The van der Waals surface area contributed by atoms with Crippen molar-refractivity contribution in [2.45, 2.75) is 51.2 Å². The first-order valence-corrected chi connectivity index (χ1v) is 14.3. The molecule has 0 saturated carbocycles. The Morgan fingerprint density at radius 1 is 1.00 bits per heavy atom. The zero-order valence-electron chi connectivity index (χ0n) is 20.8. The van der Waals surface area contributed by atoms with Crippen molar-refractivity contribution in [1.29, 1.82) is 0 Å². The Bertz CT molecular complexity index is 1430. The van der Waals surface area contributed by atoms with E-state index < -0.39 is 10.0 Å². The fourth-order valence-electron chi connectivity index (χ4n) is 4.10. The van der Waals surface area contributed by atoms with Gasteiger partial charge in [0.25, 0.3) is 0 Å². The Hall–Kier alpha value is -3.07. The van der Waals surface area contributed by atoms with Gasteiger partial charge in [0.2, 0.25) is 15.9 Å². The van der Waals surface area contributed by atoms with Gasteiger partial charge in [0, 0.05) is 29.0 Å². The summed E-state index contributed by atoms with van der Waals surface area (Å²) in [7, 11) is -3.98. The standard InChI is InChI=1S/C28H31N3O3S2/c1-4-22(3)31(36(33,34)26-14-8-12-24-13-9-16-29-28(24)26)20-27(32)30(18-23-10-6-5-7-11-23)19-25-21(2)15-17-35-25/h5-17,22H,4,18-20H2,1-3H3/t22-/m1/s1. The van der Waals surface area contributed by atoms with Crippen LogP contribution in [0.25, 0.3) is 10.9 Å². The monoisotopic (exact) mass is 521 g/mol. The molecule has 0 aliphatic carbocycles. The molecule has 2 aromatic heterocycles. The van der Waals surface area contributed by atoms with Gasteiger partial charge in [-0.2, -0.15) is 4.31 Å². The van der Waals surface area contributed by atoms with Crippen LogP contribution in [0.3, 0.4) is 0 Å². The molecule has 4 rings (SSSR count). The number of aromatic nitrogens is 1. The van der Waals surface area contributed by atoms with E-state index in [1.807, 2.05) is 74.7 Å². The molecule has 0 bridgehead atoms. The second kappa shape index (κ2) is 11.3. The quantitative estimate of drug-likeness (QED) is 0.271. The molecule has 6 nitrogen and oxygen atoms in total. The average molecular weight is 522 g/mol. The second-order valence-corrected chi connectivity index (χ2v) is 11.8. The number of hydrogen-bond acceptors (Lipinski definition) is 5. The summed E-state index contributed by atoms with van der Waals surface area (Å²) < 4.78 is 29.2. The van der Waals surface area contributed by atoms with Crippen LogP contribution in [0.2, 0.25) is 0 Å². The van der Waals surface area contributed by atoms with Crippen molar-refractivity contribution in [3.05, 3.63) is 94.3 Å². The van der Waals surface area contributed by atoms with Crippen LogP contribution in [-0.2, 0) is 27.9 Å². The predicted molar refractivity (Wildman–Crippen MR) is 145 cm³/mol. The van der Waals surface area contributed by atoms with Gasteiger partial charge in [-0.05, 0) is 55.0 Å². The van der Waals surface area contributed by atoms with Gasteiger partial charge in [-0.3, -0.25) is 9.78 Å². The lowest BCUT2D eigenvalue weighted by Crippen LogP contribution is -2.46. The summed E-state index contributed by atoms with van der Waals surface area (Å²) >= 11 is 1.61. The number of hydrogen-bond donors (Lipinski definition) is 0. The number of para-hydroxylation sites is 1. The number of fused-ring (bicyclic) bond motifs is 1. The van der Waals surface area contributed by atoms with Gasteiger partial charge in [-0.1, -0.05) is 55.5 Å². The first-order valence-electron chi connectivity index (χ1n) is 12.0. The van der Waals surface area contributed by atoms with E-state index in [9.17, 15) is 13.2 Å². The summed E-state index contributed by atoms with van der Waals surface area (Å²) in [5.74, 6) is -0.233. The third-order valence-electron chi connectivity index (χ3n) is 6.43. The number of sulfonamides is 1. The lowest BCUT2D eigenvalue weighted by atomic mass is 10.2. The number of benzene rings is 2. The van der Waals surface area contributed by atoms with Gasteiger partial charge in [0.15, 0.2) is 0 Å². The van der Waals surface area contributed by atoms with Crippen LogP contribution in [0, 0.1) is 6.92 Å². The van der Waals surface area contributed by atoms with Gasteiger partial charge in [-0.15, -0.1) is 11.3 Å². The SMILES string of the molecule is CC[C@@H](C)N(CC(=O)N(Cc1ccccc1)Cc1sccc1C)S(=O)(=O)c1cccc2cccnc12. The molecule has 4 aromatic rings. The number of pyridine rings is 1. The van der Waals surface area contributed by atoms with Gasteiger partial charge < -0.3 is 4.90 Å². The number of amides is 1. The van der Waals surface area contributed by atoms with Crippen molar-refractivity contribution in [2.75, 3.05) is 6.54 Å². The van der Waals surface area contributed by atoms with Crippen LogP contribution in [0.5, 0.6) is 0 Å². The van der Waals surface area contributed by atoms with E-state index in [0.29, 0.717) is 25.0 Å². The topological polar surface area (TPSA) is 70.6 Å². The van der Waals surface area contributed by atoms with E-state index in [1.54, 1.807) is 40.6 Å². The lowest BCUT2D eigenvalue weighted by molar-refractivity contribution is -0.133. The molecular weight excluding hydrogens is 490 g/mol. The third kappa shape index (κ3) is 5.67. The number of carbonyl (C=O) groups excluding carboxylic acids is 1. The minimum atomic E-state index is -3.98. The number of aryl methyl sites for hydroxylation is 1. The zero-order valence-corrected chi connectivity index (χ0v) is 22.4. The molecule has 0 fully saturated rings. The third-order valence-corrected chi connectivity index (χ3v) is 9.43. The van der Waals surface area contributed by atoms with Crippen LogP contribution in [-0.4, -0.2) is 41.1 Å². The summed E-state index contributed by atoms with van der Waals surface area (Å²) in [5.41, 5.74) is 2.53. The number of carbonyl (C=O) groups is 1. The Labute approximate surface area is 217 Å². The van der Waals surface area contributed by atoms with Crippen molar-refractivity contribution in [2.24, 2.45) is 0 Å². The first kappa shape index (κ1) is 26.0. The van der Waals surface area contributed by atoms with E-state index in [4.69, 9.17) is 0 Å². The Balaban J connectivity index is 1.68. The van der Waals surface area contributed by atoms with Gasteiger partial charge in [-0.25, -0.2) is 8.42 Å². The fraction of sp³-hybridized carbons (Fsp3) is 0.286. The first-order chi connectivity index (χ1) is 17.3. The maximum absolute atomic E-state index is 14.0. The van der Waals surface area contributed by atoms with E-state index in [-0.39, 0.29) is 23.4 Å². The molecule has 1 atom stereocenters. The molecule has 8 heteroatoms. The highest BCUT2D eigenvalue weighted by atomic mass is 32.2. The molecule has 36 heavy (non-hydrogen) atoms. The van der Waals surface area contributed by atoms with Crippen LogP contribution in [0.15, 0.2) is 83.2 Å². The number of nitrogens with zero attached hydrogens (tertiary/aromatic N) is 3. The van der Waals surface area contributed by atoms with Gasteiger partial charge in [0.05, 0.1) is 18.6 Å². The molecule has 0 unspecified atom stereocenters. The number of rotatable bonds is 10. The normalized spacial score (nSPS) is 12.7. The molecule has 188 valence electrons. The van der Waals surface area contributed by atoms with Gasteiger partial charge in [0.1, 0.15) is 4.90 Å². The summed E-state index contributed by atoms with van der Waals surface area (Å²) in [5, 5.41) is 2.76. The highest BCUT2D eigenvalue weighted by Crippen LogP contribution is 2.27. The molecule has 0 saturated heterocycles. The minimum absolute atomic E-state index is 0.123. The fourth-order valence-corrected chi connectivity index (χ4v) is 6.84. The van der Waals surface area contributed by atoms with Crippen molar-refractivity contribution in [3.8, 4) is 0 Å². The Kier molecular flexibility index (Phi) is 8.18. The molecule has 0 spiro atoms. The molecular formula is C28H31N3O3S2. The second-order valence-electron chi connectivity index (χ2n) is 8.90. The molecule has 2 aromatic carbocycles.